The van der Waals surface area contributed by atoms with Crippen molar-refractivity contribution in [2.75, 3.05) is 7.11 Å². The number of rotatable bonds is 2. The zero-order valence-electron chi connectivity index (χ0n) is 7.19. The molecule has 13 heavy (non-hydrogen) atoms. The molecule has 0 bridgehead atoms. The van der Waals surface area contributed by atoms with Gasteiger partial charge in [0.1, 0.15) is 5.75 Å². The molecule has 4 nitrogen and oxygen atoms in total. The molecule has 0 aromatic heterocycles. The van der Waals surface area contributed by atoms with Gasteiger partial charge in [0.25, 0.3) is 0 Å². The summed E-state index contributed by atoms with van der Waals surface area (Å²) in [6, 6.07) is 6.70. The van der Waals surface area contributed by atoms with Crippen molar-refractivity contribution in [3.05, 3.63) is 29.8 Å². The van der Waals surface area contributed by atoms with E-state index >= 15 is 0 Å². The first-order valence-electron chi connectivity index (χ1n) is 3.72. The van der Waals surface area contributed by atoms with E-state index in [-0.39, 0.29) is 6.61 Å². The molecule has 0 atom stereocenters. The lowest BCUT2D eigenvalue weighted by atomic mass is 10.2. The molecule has 0 aliphatic rings. The van der Waals surface area contributed by atoms with Crippen LogP contribution in [0.1, 0.15) is 5.56 Å². The van der Waals surface area contributed by atoms with Crippen LogP contribution in [0.2, 0.25) is 0 Å². The maximum absolute atomic E-state index is 10.7. The highest BCUT2D eigenvalue weighted by molar-refractivity contribution is 5.64. The van der Waals surface area contributed by atoms with E-state index in [1.165, 1.54) is 7.11 Å². The highest BCUT2D eigenvalue weighted by atomic mass is 16.7. The molecule has 0 unspecified atom stereocenters. The number of aliphatic hydroxyl groups excluding tert-OH is 1. The van der Waals surface area contributed by atoms with E-state index in [0.717, 1.165) is 0 Å². The van der Waals surface area contributed by atoms with Crippen LogP contribution in [0, 0.1) is 0 Å². The fourth-order valence-electron chi connectivity index (χ4n) is 0.865. The van der Waals surface area contributed by atoms with E-state index < -0.39 is 6.16 Å². The van der Waals surface area contributed by atoms with Gasteiger partial charge in [-0.05, 0) is 6.07 Å². The second-order valence-corrected chi connectivity index (χ2v) is 2.32. The maximum Gasteiger partial charge on any atom is 0.513 e. The second kappa shape index (κ2) is 4.47. The fourth-order valence-corrected chi connectivity index (χ4v) is 0.865. The second-order valence-electron chi connectivity index (χ2n) is 2.32. The predicted molar refractivity (Wildman–Crippen MR) is 45.4 cm³/mol. The Morgan fingerprint density at radius 3 is 2.77 bits per heavy atom. The number of para-hydroxylation sites is 1. The first kappa shape index (κ1) is 9.54. The van der Waals surface area contributed by atoms with Crippen molar-refractivity contribution < 1.29 is 19.4 Å². The number of hydrogen-bond acceptors (Lipinski definition) is 4. The highest BCUT2D eigenvalue weighted by Crippen LogP contribution is 2.17. The Morgan fingerprint density at radius 2 is 2.15 bits per heavy atom. The Balaban J connectivity index is 2.81. The minimum absolute atomic E-state index is 0.173. The van der Waals surface area contributed by atoms with Gasteiger partial charge in [0.15, 0.2) is 0 Å². The van der Waals surface area contributed by atoms with Crippen LogP contribution in [0.3, 0.4) is 0 Å². The number of benzene rings is 1. The number of carbonyl (C=O) groups excluding carboxylic acids is 1. The number of hydrogen-bond donors (Lipinski definition) is 1. The van der Waals surface area contributed by atoms with Crippen molar-refractivity contribution in [1.29, 1.82) is 0 Å². The molecule has 70 valence electrons. The predicted octanol–water partition coefficient (Wildman–Crippen LogP) is 1.32. The largest absolute Gasteiger partial charge is 0.513 e. The van der Waals surface area contributed by atoms with Crippen LogP contribution in [0.4, 0.5) is 4.79 Å². The summed E-state index contributed by atoms with van der Waals surface area (Å²) in [5.74, 6) is 0.317. The van der Waals surface area contributed by atoms with E-state index in [0.29, 0.717) is 11.3 Å². The molecule has 0 heterocycles. The molecule has 0 amide bonds. The van der Waals surface area contributed by atoms with Crippen LogP contribution in [-0.4, -0.2) is 18.4 Å². The SMILES string of the molecule is COC(=O)Oc1ccccc1CO. The summed E-state index contributed by atoms with van der Waals surface area (Å²) < 4.78 is 9.08. The zero-order valence-corrected chi connectivity index (χ0v) is 7.19. The van der Waals surface area contributed by atoms with Crippen LogP contribution < -0.4 is 4.74 Å². The summed E-state index contributed by atoms with van der Waals surface area (Å²) in [6.07, 6.45) is -0.791. The van der Waals surface area contributed by atoms with Gasteiger partial charge in [0, 0.05) is 5.56 Å². The summed E-state index contributed by atoms with van der Waals surface area (Å²) in [5, 5.41) is 8.87. The lowest BCUT2D eigenvalue weighted by molar-refractivity contribution is 0.120. The Morgan fingerprint density at radius 1 is 1.46 bits per heavy atom. The van der Waals surface area contributed by atoms with Crippen molar-refractivity contribution in [2.24, 2.45) is 0 Å². The van der Waals surface area contributed by atoms with Gasteiger partial charge in [-0.25, -0.2) is 4.79 Å². The van der Waals surface area contributed by atoms with Crippen molar-refractivity contribution >= 4 is 6.16 Å². The first-order valence-corrected chi connectivity index (χ1v) is 3.72. The number of carbonyl (C=O) groups is 1. The molecule has 0 spiro atoms. The monoisotopic (exact) mass is 182 g/mol. The van der Waals surface area contributed by atoms with Gasteiger partial charge in [0.05, 0.1) is 13.7 Å². The van der Waals surface area contributed by atoms with Gasteiger partial charge in [-0.1, -0.05) is 18.2 Å². The lowest BCUT2D eigenvalue weighted by Gasteiger charge is -2.05. The van der Waals surface area contributed by atoms with Crippen molar-refractivity contribution in [3.63, 3.8) is 0 Å². The minimum atomic E-state index is -0.791. The number of methoxy groups -OCH3 is 1. The Bertz CT molecular complexity index is 295. The molecule has 1 aromatic carbocycles. The molecular weight excluding hydrogens is 172 g/mol. The van der Waals surface area contributed by atoms with Crippen molar-refractivity contribution in [1.82, 2.24) is 0 Å². The first-order chi connectivity index (χ1) is 6.27. The molecule has 1 aromatic rings. The van der Waals surface area contributed by atoms with E-state index in [2.05, 4.69) is 4.74 Å². The Hall–Kier alpha value is -1.55. The van der Waals surface area contributed by atoms with E-state index in [9.17, 15) is 4.79 Å². The van der Waals surface area contributed by atoms with Gasteiger partial charge < -0.3 is 14.6 Å². The van der Waals surface area contributed by atoms with Crippen molar-refractivity contribution in [3.8, 4) is 5.75 Å². The topological polar surface area (TPSA) is 55.8 Å². The number of ether oxygens (including phenoxy) is 2. The fraction of sp³-hybridized carbons (Fsp3) is 0.222. The van der Waals surface area contributed by atoms with Crippen LogP contribution in [0.25, 0.3) is 0 Å². The Kier molecular flexibility index (Phi) is 3.28. The average Bonchev–Trinajstić information content (AvgIpc) is 2.18. The zero-order chi connectivity index (χ0) is 9.68. The molecule has 4 heteroatoms. The summed E-state index contributed by atoms with van der Waals surface area (Å²) in [5.41, 5.74) is 0.549. The summed E-state index contributed by atoms with van der Waals surface area (Å²) in [4.78, 5) is 10.7. The molecular formula is C9H10O4. The molecule has 1 rings (SSSR count). The standard InChI is InChI=1S/C9H10O4/c1-12-9(11)13-8-5-3-2-4-7(8)6-10/h2-5,10H,6H2,1H3. The summed E-state index contributed by atoms with van der Waals surface area (Å²) >= 11 is 0. The molecule has 0 saturated carbocycles. The minimum Gasteiger partial charge on any atom is -0.437 e. The van der Waals surface area contributed by atoms with Gasteiger partial charge >= 0.3 is 6.16 Å². The van der Waals surface area contributed by atoms with Gasteiger partial charge in [-0.2, -0.15) is 0 Å². The molecule has 0 fully saturated rings. The molecule has 1 N–H and O–H groups in total. The van der Waals surface area contributed by atoms with Gasteiger partial charge in [-0.15, -0.1) is 0 Å². The highest BCUT2D eigenvalue weighted by Gasteiger charge is 2.06. The van der Waals surface area contributed by atoms with Crippen LogP contribution in [0.15, 0.2) is 24.3 Å². The van der Waals surface area contributed by atoms with Gasteiger partial charge in [-0.3, -0.25) is 0 Å². The molecule has 0 aliphatic heterocycles. The summed E-state index contributed by atoms with van der Waals surface area (Å²) in [6.45, 7) is -0.173. The summed E-state index contributed by atoms with van der Waals surface area (Å²) in [7, 11) is 1.23. The third-order valence-corrected chi connectivity index (χ3v) is 1.50. The smallest absolute Gasteiger partial charge is 0.437 e. The third-order valence-electron chi connectivity index (χ3n) is 1.50. The van der Waals surface area contributed by atoms with Crippen LogP contribution in [0.5, 0.6) is 5.75 Å². The maximum atomic E-state index is 10.7. The molecule has 0 saturated heterocycles. The quantitative estimate of drug-likeness (QED) is 0.553. The lowest BCUT2D eigenvalue weighted by Crippen LogP contribution is -2.08. The van der Waals surface area contributed by atoms with Crippen LogP contribution in [-0.2, 0) is 11.3 Å². The van der Waals surface area contributed by atoms with Gasteiger partial charge in [0.2, 0.25) is 0 Å². The van der Waals surface area contributed by atoms with Crippen molar-refractivity contribution in [2.45, 2.75) is 6.61 Å². The van der Waals surface area contributed by atoms with E-state index in [1.54, 1.807) is 24.3 Å². The van der Waals surface area contributed by atoms with E-state index in [1.807, 2.05) is 0 Å². The van der Waals surface area contributed by atoms with E-state index in [4.69, 9.17) is 9.84 Å². The molecule has 0 aliphatic carbocycles. The molecule has 0 radical (unpaired) electrons. The third kappa shape index (κ3) is 2.45. The Labute approximate surface area is 75.7 Å². The number of aliphatic hydroxyl groups is 1. The van der Waals surface area contributed by atoms with Crippen LogP contribution >= 0.6 is 0 Å². The normalized spacial score (nSPS) is 9.38. The average molecular weight is 182 g/mol.